The van der Waals surface area contributed by atoms with Crippen molar-refractivity contribution in [3.63, 3.8) is 0 Å². The summed E-state index contributed by atoms with van der Waals surface area (Å²) < 4.78 is 5.33. The predicted octanol–water partition coefficient (Wildman–Crippen LogP) is 3.32. The second kappa shape index (κ2) is 8.29. The van der Waals surface area contributed by atoms with Crippen LogP contribution in [0.2, 0.25) is 0 Å². The first-order valence-electron chi connectivity index (χ1n) is 11.5. The molecule has 2 saturated carbocycles. The highest BCUT2D eigenvalue weighted by Crippen LogP contribution is 2.47. The molecule has 0 radical (unpaired) electrons. The quantitative estimate of drug-likeness (QED) is 0.721. The molecule has 2 aromatic carbocycles. The molecule has 5 heteroatoms. The molecule has 1 saturated heterocycles. The Balaban J connectivity index is 1.22. The van der Waals surface area contributed by atoms with Crippen LogP contribution >= 0.6 is 0 Å². The van der Waals surface area contributed by atoms with E-state index in [2.05, 4.69) is 22.3 Å². The summed E-state index contributed by atoms with van der Waals surface area (Å²) in [6, 6.07) is 17.9. The summed E-state index contributed by atoms with van der Waals surface area (Å²) in [5.41, 5.74) is 0.556. The van der Waals surface area contributed by atoms with E-state index in [1.54, 1.807) is 7.11 Å². The summed E-state index contributed by atoms with van der Waals surface area (Å²) >= 11 is 0. The van der Waals surface area contributed by atoms with Crippen LogP contribution in [-0.4, -0.2) is 42.2 Å². The Morgan fingerprint density at radius 1 is 1.10 bits per heavy atom. The van der Waals surface area contributed by atoms with Gasteiger partial charge in [0, 0.05) is 31.6 Å². The maximum atomic E-state index is 13.4. The standard InChI is InChI=1S/C26H32N2O3/c1-31-21-13-7-8-18(14-21)15-28-16-22-23(17-28)24(22)27-25(29)26(30,20-11-5-6-12-20)19-9-3-2-4-10-19/h2-4,7-10,13-14,20,22-24,30H,5-6,11-12,15-17H2,1H3,(H,27,29)/t22-,23+,24?,26?. The molecule has 1 aliphatic heterocycles. The molecule has 0 aromatic heterocycles. The van der Waals surface area contributed by atoms with Crippen LogP contribution < -0.4 is 10.1 Å². The Hall–Kier alpha value is -2.37. The van der Waals surface area contributed by atoms with E-state index in [4.69, 9.17) is 4.74 Å². The number of carbonyl (C=O) groups is 1. The van der Waals surface area contributed by atoms with Gasteiger partial charge < -0.3 is 15.2 Å². The molecule has 0 spiro atoms. The zero-order valence-electron chi connectivity index (χ0n) is 18.2. The summed E-state index contributed by atoms with van der Waals surface area (Å²) in [5.74, 6) is 1.65. The number of amides is 1. The Labute approximate surface area is 184 Å². The van der Waals surface area contributed by atoms with Crippen LogP contribution in [0, 0.1) is 17.8 Å². The maximum Gasteiger partial charge on any atom is 0.257 e. The Kier molecular flexibility index (Phi) is 5.49. The summed E-state index contributed by atoms with van der Waals surface area (Å²) in [6.07, 6.45) is 3.98. The monoisotopic (exact) mass is 420 g/mol. The lowest BCUT2D eigenvalue weighted by molar-refractivity contribution is -0.147. The van der Waals surface area contributed by atoms with Crippen molar-refractivity contribution < 1.29 is 14.6 Å². The number of nitrogens with zero attached hydrogens (tertiary/aromatic N) is 1. The molecule has 1 heterocycles. The summed E-state index contributed by atoms with van der Waals surface area (Å²) in [7, 11) is 1.69. The highest BCUT2D eigenvalue weighted by molar-refractivity contribution is 5.87. The molecule has 4 atom stereocenters. The maximum absolute atomic E-state index is 13.4. The third kappa shape index (κ3) is 3.85. The molecular weight excluding hydrogens is 388 g/mol. The SMILES string of the molecule is COc1cccc(CN2C[C@@H]3C(NC(=O)C(O)(c4ccccc4)C4CCCC4)[C@@H]3C2)c1. The van der Waals surface area contributed by atoms with E-state index < -0.39 is 5.60 Å². The third-order valence-electron chi connectivity index (χ3n) is 7.61. The Bertz CT molecular complexity index is 915. The first-order chi connectivity index (χ1) is 15.1. The van der Waals surface area contributed by atoms with Gasteiger partial charge in [-0.1, -0.05) is 55.3 Å². The number of hydrogen-bond donors (Lipinski definition) is 2. The number of nitrogens with one attached hydrogen (secondary N) is 1. The molecule has 1 amide bonds. The molecular formula is C26H32N2O3. The number of benzene rings is 2. The van der Waals surface area contributed by atoms with Crippen LogP contribution in [0.25, 0.3) is 0 Å². The van der Waals surface area contributed by atoms with E-state index >= 15 is 0 Å². The van der Waals surface area contributed by atoms with Crippen LogP contribution in [-0.2, 0) is 16.9 Å². The Morgan fingerprint density at radius 3 is 2.48 bits per heavy atom. The second-order valence-corrected chi connectivity index (χ2v) is 9.49. The summed E-state index contributed by atoms with van der Waals surface area (Å²) in [5, 5.41) is 14.9. The molecule has 5 rings (SSSR count). The molecule has 164 valence electrons. The average Bonchev–Trinajstić information content (AvgIpc) is 3.21. The number of carbonyl (C=O) groups excluding carboxylic acids is 1. The number of fused-ring (bicyclic) bond motifs is 1. The number of likely N-dealkylation sites (tertiary alicyclic amines) is 1. The van der Waals surface area contributed by atoms with Gasteiger partial charge in [0.15, 0.2) is 5.60 Å². The van der Waals surface area contributed by atoms with Gasteiger partial charge in [-0.15, -0.1) is 0 Å². The lowest BCUT2D eigenvalue weighted by Gasteiger charge is -2.33. The second-order valence-electron chi connectivity index (χ2n) is 9.49. The first kappa shape index (κ1) is 20.5. The molecule has 2 N–H and O–H groups in total. The zero-order chi connectivity index (χ0) is 21.4. The van der Waals surface area contributed by atoms with Gasteiger partial charge in [-0.25, -0.2) is 0 Å². The molecule has 3 aliphatic rings. The molecule has 2 aromatic rings. The van der Waals surface area contributed by atoms with Crippen molar-refractivity contribution in [1.29, 1.82) is 0 Å². The van der Waals surface area contributed by atoms with Crippen molar-refractivity contribution in [1.82, 2.24) is 10.2 Å². The number of aliphatic hydroxyl groups is 1. The van der Waals surface area contributed by atoms with Crippen LogP contribution in [0.4, 0.5) is 0 Å². The van der Waals surface area contributed by atoms with Crippen molar-refractivity contribution >= 4 is 5.91 Å². The highest BCUT2D eigenvalue weighted by Gasteiger charge is 2.58. The smallest absolute Gasteiger partial charge is 0.257 e. The van der Waals surface area contributed by atoms with Gasteiger partial charge in [0.25, 0.3) is 5.91 Å². The minimum atomic E-state index is -1.42. The number of rotatable bonds is 7. The fourth-order valence-electron chi connectivity index (χ4n) is 5.84. The van der Waals surface area contributed by atoms with E-state index in [1.807, 2.05) is 42.5 Å². The number of piperidine rings is 1. The lowest BCUT2D eigenvalue weighted by atomic mass is 9.79. The van der Waals surface area contributed by atoms with E-state index in [9.17, 15) is 9.90 Å². The number of methoxy groups -OCH3 is 1. The predicted molar refractivity (Wildman–Crippen MR) is 119 cm³/mol. The van der Waals surface area contributed by atoms with E-state index in [0.29, 0.717) is 11.8 Å². The van der Waals surface area contributed by atoms with Crippen molar-refractivity contribution in [2.45, 2.75) is 43.9 Å². The largest absolute Gasteiger partial charge is 0.497 e. The Morgan fingerprint density at radius 2 is 1.81 bits per heavy atom. The number of ether oxygens (including phenoxy) is 1. The van der Waals surface area contributed by atoms with Gasteiger partial charge in [-0.3, -0.25) is 9.69 Å². The molecule has 31 heavy (non-hydrogen) atoms. The van der Waals surface area contributed by atoms with Gasteiger partial charge >= 0.3 is 0 Å². The minimum Gasteiger partial charge on any atom is -0.497 e. The van der Waals surface area contributed by atoms with Crippen molar-refractivity contribution in [2.75, 3.05) is 20.2 Å². The topological polar surface area (TPSA) is 61.8 Å². The third-order valence-corrected chi connectivity index (χ3v) is 7.61. The molecule has 0 bridgehead atoms. The van der Waals surface area contributed by atoms with Gasteiger partial charge in [-0.05, 0) is 47.9 Å². The first-order valence-corrected chi connectivity index (χ1v) is 11.5. The van der Waals surface area contributed by atoms with E-state index in [-0.39, 0.29) is 17.9 Å². The highest BCUT2D eigenvalue weighted by atomic mass is 16.5. The van der Waals surface area contributed by atoms with Crippen LogP contribution in [0.3, 0.4) is 0 Å². The summed E-state index contributed by atoms with van der Waals surface area (Å²) in [6.45, 7) is 2.88. The number of hydrogen-bond acceptors (Lipinski definition) is 4. The van der Waals surface area contributed by atoms with Crippen molar-refractivity contribution in [3.8, 4) is 5.75 Å². The van der Waals surface area contributed by atoms with Gasteiger partial charge in [0.1, 0.15) is 5.75 Å². The van der Waals surface area contributed by atoms with E-state index in [0.717, 1.165) is 56.6 Å². The van der Waals surface area contributed by atoms with Gasteiger partial charge in [0.05, 0.1) is 7.11 Å². The van der Waals surface area contributed by atoms with E-state index in [1.165, 1.54) is 5.56 Å². The molecule has 2 unspecified atom stereocenters. The fourth-order valence-corrected chi connectivity index (χ4v) is 5.84. The molecule has 5 nitrogen and oxygen atoms in total. The van der Waals surface area contributed by atoms with Crippen LogP contribution in [0.5, 0.6) is 5.75 Å². The lowest BCUT2D eigenvalue weighted by Crippen LogP contribution is -2.50. The van der Waals surface area contributed by atoms with Gasteiger partial charge in [-0.2, -0.15) is 0 Å². The normalized spacial score (nSPS) is 27.5. The summed E-state index contributed by atoms with van der Waals surface area (Å²) in [4.78, 5) is 15.8. The van der Waals surface area contributed by atoms with Crippen LogP contribution in [0.1, 0.15) is 36.8 Å². The van der Waals surface area contributed by atoms with Crippen molar-refractivity contribution in [3.05, 3.63) is 65.7 Å². The minimum absolute atomic E-state index is 0.00181. The van der Waals surface area contributed by atoms with Crippen molar-refractivity contribution in [2.24, 2.45) is 17.8 Å². The van der Waals surface area contributed by atoms with Crippen LogP contribution in [0.15, 0.2) is 54.6 Å². The molecule has 2 aliphatic carbocycles. The van der Waals surface area contributed by atoms with Gasteiger partial charge in [0.2, 0.25) is 0 Å². The zero-order valence-corrected chi connectivity index (χ0v) is 18.2. The molecule has 3 fully saturated rings. The fraction of sp³-hybridized carbons (Fsp3) is 0.500. The average molecular weight is 421 g/mol.